The molecule has 1 N–H and O–H groups in total. The lowest BCUT2D eigenvalue weighted by atomic mass is 10.1. The van der Waals surface area contributed by atoms with E-state index in [4.69, 9.17) is 4.43 Å². The first-order valence-electron chi connectivity index (χ1n) is 7.79. The van der Waals surface area contributed by atoms with Crippen molar-refractivity contribution >= 4 is 19.2 Å². The summed E-state index contributed by atoms with van der Waals surface area (Å²) < 4.78 is 58.4. The second-order valence-electron chi connectivity index (χ2n) is 7.66. The highest BCUT2D eigenvalue weighted by Crippen LogP contribution is 2.40. The summed E-state index contributed by atoms with van der Waals surface area (Å²) in [7, 11) is -2.03. The van der Waals surface area contributed by atoms with Crippen LogP contribution in [0.1, 0.15) is 45.1 Å². The molecule has 7 heteroatoms. The van der Waals surface area contributed by atoms with Gasteiger partial charge in [-0.15, -0.1) is 0 Å². The molecule has 0 aliphatic carbocycles. The van der Waals surface area contributed by atoms with Gasteiger partial charge in [0.2, 0.25) is 0 Å². The summed E-state index contributed by atoms with van der Waals surface area (Å²) in [6, 6.07) is 3.38. The Morgan fingerprint density at radius 3 is 2.17 bits per heavy atom. The van der Waals surface area contributed by atoms with Crippen LogP contribution in [0.4, 0.5) is 17.6 Å². The van der Waals surface area contributed by atoms with Gasteiger partial charge in [-0.25, -0.2) is 4.39 Å². The number of alkyl halides is 3. The Labute approximate surface area is 140 Å². The molecule has 0 fully saturated rings. The highest BCUT2D eigenvalue weighted by atomic mass is 28.4. The highest BCUT2D eigenvalue weighted by Gasteiger charge is 2.39. The summed E-state index contributed by atoms with van der Waals surface area (Å²) in [6.45, 7) is 12.4. The average molecular weight is 361 g/mol. The van der Waals surface area contributed by atoms with E-state index >= 15 is 0 Å². The van der Waals surface area contributed by atoms with Gasteiger partial charge in [0.15, 0.2) is 8.32 Å². The van der Waals surface area contributed by atoms with Crippen LogP contribution in [-0.2, 0) is 10.6 Å². The van der Waals surface area contributed by atoms with Gasteiger partial charge in [-0.1, -0.05) is 20.8 Å². The molecule has 0 bridgehead atoms. The molecule has 0 aliphatic rings. The molecule has 1 unspecified atom stereocenters. The molecule has 0 saturated carbocycles. The molecule has 0 amide bonds. The van der Waals surface area contributed by atoms with Crippen LogP contribution in [-0.4, -0.2) is 13.3 Å². The van der Waals surface area contributed by atoms with Gasteiger partial charge in [-0.3, -0.25) is 0 Å². The van der Waals surface area contributed by atoms with Gasteiger partial charge >= 0.3 is 6.18 Å². The Hall–Kier alpha value is -1.34. The van der Waals surface area contributed by atoms with Crippen LogP contribution in [0.5, 0.6) is 0 Å². The van der Waals surface area contributed by atoms with E-state index in [1.807, 2.05) is 6.92 Å². The minimum Gasteiger partial charge on any atom is -0.409 e. The summed E-state index contributed by atoms with van der Waals surface area (Å²) >= 11 is 0. The molecular formula is C17H23F4NOSi. The standard InChI is InChI=1S/C17H23F4NOSi/c1-10(23-24(5,6)16(2,3)4)14-8-11-7-13(18)12(17(19,20)21)9-15(11)22-14/h7-10,22H,1-6H3. The Kier molecular flexibility index (Phi) is 4.65. The van der Waals surface area contributed by atoms with Gasteiger partial charge in [0, 0.05) is 16.6 Å². The van der Waals surface area contributed by atoms with Crippen molar-refractivity contribution in [3.8, 4) is 0 Å². The van der Waals surface area contributed by atoms with Crippen molar-refractivity contribution in [3.05, 3.63) is 35.3 Å². The van der Waals surface area contributed by atoms with Crippen molar-refractivity contribution in [2.24, 2.45) is 0 Å². The normalized spacial score (nSPS) is 15.1. The fourth-order valence-corrected chi connectivity index (χ4v) is 3.66. The lowest BCUT2D eigenvalue weighted by molar-refractivity contribution is -0.139. The van der Waals surface area contributed by atoms with Gasteiger partial charge in [0.05, 0.1) is 11.7 Å². The molecular weight excluding hydrogens is 338 g/mol. The zero-order chi connectivity index (χ0) is 18.5. The fourth-order valence-electron chi connectivity index (χ4n) is 2.29. The number of hydrogen-bond donors (Lipinski definition) is 1. The molecule has 0 aliphatic heterocycles. The van der Waals surface area contributed by atoms with E-state index in [0.717, 1.165) is 12.1 Å². The van der Waals surface area contributed by atoms with Gasteiger partial charge in [-0.2, -0.15) is 13.2 Å². The SMILES string of the molecule is CC(O[Si](C)(C)C(C)(C)C)c1cc2cc(F)c(C(F)(F)F)cc2[nH]1. The monoisotopic (exact) mass is 361 g/mol. The largest absolute Gasteiger partial charge is 0.419 e. The Balaban J connectivity index is 2.37. The molecule has 0 spiro atoms. The third-order valence-corrected chi connectivity index (χ3v) is 9.31. The number of aromatic nitrogens is 1. The van der Waals surface area contributed by atoms with Gasteiger partial charge in [-0.05, 0) is 43.3 Å². The van der Waals surface area contributed by atoms with Crippen LogP contribution in [0.15, 0.2) is 18.2 Å². The summed E-state index contributed by atoms with van der Waals surface area (Å²) in [6.07, 6.45) is -5.03. The predicted octanol–water partition coefficient (Wildman–Crippen LogP) is 6.41. The van der Waals surface area contributed by atoms with E-state index in [9.17, 15) is 17.6 Å². The summed E-state index contributed by atoms with van der Waals surface area (Å²) in [4.78, 5) is 2.94. The van der Waals surface area contributed by atoms with Crippen LogP contribution in [0.2, 0.25) is 18.1 Å². The number of H-pyrrole nitrogens is 1. The molecule has 1 aromatic carbocycles. The van der Waals surface area contributed by atoms with Crippen LogP contribution >= 0.6 is 0 Å². The van der Waals surface area contributed by atoms with Gasteiger partial charge in [0.1, 0.15) is 5.82 Å². The third kappa shape index (κ3) is 3.67. The Bertz CT molecular complexity index is 743. The second kappa shape index (κ2) is 5.88. The first-order chi connectivity index (χ1) is 10.7. The number of fused-ring (bicyclic) bond motifs is 1. The quantitative estimate of drug-likeness (QED) is 0.496. The maximum atomic E-state index is 13.7. The third-order valence-electron chi connectivity index (χ3n) is 4.75. The van der Waals surface area contributed by atoms with E-state index in [2.05, 4.69) is 38.8 Å². The Morgan fingerprint density at radius 2 is 1.67 bits per heavy atom. The van der Waals surface area contributed by atoms with E-state index in [-0.39, 0.29) is 16.7 Å². The smallest absolute Gasteiger partial charge is 0.409 e. The number of hydrogen-bond acceptors (Lipinski definition) is 1. The summed E-state index contributed by atoms with van der Waals surface area (Å²) in [5.41, 5.74) is -0.362. The zero-order valence-electron chi connectivity index (χ0n) is 14.7. The van der Waals surface area contributed by atoms with Gasteiger partial charge < -0.3 is 9.41 Å². The van der Waals surface area contributed by atoms with Crippen LogP contribution in [0, 0.1) is 5.82 Å². The fraction of sp³-hybridized carbons (Fsp3) is 0.529. The van der Waals surface area contributed by atoms with E-state index < -0.39 is 25.9 Å². The van der Waals surface area contributed by atoms with Crippen molar-refractivity contribution in [2.75, 3.05) is 0 Å². The van der Waals surface area contributed by atoms with E-state index in [1.165, 1.54) is 0 Å². The number of aromatic amines is 1. The summed E-state index contributed by atoms with van der Waals surface area (Å²) in [5.74, 6) is -1.27. The van der Waals surface area contributed by atoms with Crippen molar-refractivity contribution in [1.82, 2.24) is 4.98 Å². The average Bonchev–Trinajstić information content (AvgIpc) is 2.77. The van der Waals surface area contributed by atoms with Gasteiger partial charge in [0.25, 0.3) is 0 Å². The van der Waals surface area contributed by atoms with E-state index in [1.54, 1.807) is 6.07 Å². The second-order valence-corrected chi connectivity index (χ2v) is 12.4. The minimum absolute atomic E-state index is 0.0167. The van der Waals surface area contributed by atoms with Crippen molar-refractivity contribution in [3.63, 3.8) is 0 Å². The molecule has 2 nitrogen and oxygen atoms in total. The maximum Gasteiger partial charge on any atom is 0.419 e. The number of benzene rings is 1. The molecule has 0 saturated heterocycles. The molecule has 2 aromatic rings. The number of nitrogens with one attached hydrogen (secondary N) is 1. The summed E-state index contributed by atoms with van der Waals surface area (Å²) in [5, 5.41) is 0.421. The molecule has 24 heavy (non-hydrogen) atoms. The minimum atomic E-state index is -4.72. The van der Waals surface area contributed by atoms with Crippen molar-refractivity contribution in [1.29, 1.82) is 0 Å². The number of rotatable bonds is 3. The molecule has 1 heterocycles. The molecule has 1 aromatic heterocycles. The zero-order valence-corrected chi connectivity index (χ0v) is 15.7. The van der Waals surface area contributed by atoms with Crippen LogP contribution in [0.3, 0.4) is 0 Å². The molecule has 0 radical (unpaired) electrons. The maximum absolute atomic E-state index is 13.7. The highest BCUT2D eigenvalue weighted by molar-refractivity contribution is 6.74. The van der Waals surface area contributed by atoms with E-state index in [0.29, 0.717) is 11.1 Å². The van der Waals surface area contributed by atoms with Crippen LogP contribution in [0.25, 0.3) is 10.9 Å². The van der Waals surface area contributed by atoms with Crippen molar-refractivity contribution < 1.29 is 22.0 Å². The Morgan fingerprint density at radius 1 is 1.08 bits per heavy atom. The van der Waals surface area contributed by atoms with Crippen molar-refractivity contribution in [2.45, 2.75) is 58.1 Å². The lowest BCUT2D eigenvalue weighted by Crippen LogP contribution is -2.41. The first kappa shape index (κ1) is 19.0. The molecule has 1 atom stereocenters. The first-order valence-corrected chi connectivity index (χ1v) is 10.7. The topological polar surface area (TPSA) is 25.0 Å². The number of halogens is 4. The molecule has 2 rings (SSSR count). The molecule has 134 valence electrons. The van der Waals surface area contributed by atoms with Crippen LogP contribution < -0.4 is 0 Å². The predicted molar refractivity (Wildman–Crippen MR) is 90.0 cm³/mol. The lowest BCUT2D eigenvalue weighted by Gasteiger charge is -2.38.